The Morgan fingerprint density at radius 3 is 2.68 bits per heavy atom. The van der Waals surface area contributed by atoms with Gasteiger partial charge in [0.2, 0.25) is 0 Å². The lowest BCUT2D eigenvalue weighted by Crippen LogP contribution is -2.53. The lowest BCUT2D eigenvalue weighted by Gasteiger charge is -2.27. The fourth-order valence-electron chi connectivity index (χ4n) is 2.86. The number of hydrogen-bond donors (Lipinski definition) is 1. The van der Waals surface area contributed by atoms with Crippen LogP contribution in [0.2, 0.25) is 0 Å². The highest BCUT2D eigenvalue weighted by molar-refractivity contribution is 6.29. The zero-order valence-corrected chi connectivity index (χ0v) is 14.2. The first kappa shape index (κ1) is 16.7. The van der Waals surface area contributed by atoms with Gasteiger partial charge in [0.05, 0.1) is 0 Å². The summed E-state index contributed by atoms with van der Waals surface area (Å²) in [6.07, 6.45) is 11.1. The zero-order chi connectivity index (χ0) is 18.1. The molecule has 0 atom stereocenters. The van der Waals surface area contributed by atoms with Crippen molar-refractivity contribution in [2.45, 2.75) is 13.3 Å². The number of nitrogens with zero attached hydrogens (tertiary/aromatic N) is 2. The quantitative estimate of drug-likeness (QED) is 0.619. The summed E-state index contributed by atoms with van der Waals surface area (Å²) < 4.78 is 0. The van der Waals surface area contributed by atoms with Gasteiger partial charge in [-0.3, -0.25) is 14.9 Å². The molecule has 0 radical (unpaired) electrons. The lowest BCUT2D eigenvalue weighted by molar-refractivity contribution is -0.129. The first-order chi connectivity index (χ1) is 11.9. The Morgan fingerprint density at radius 1 is 1.24 bits per heavy atom. The van der Waals surface area contributed by atoms with E-state index in [9.17, 15) is 14.4 Å². The SMILES string of the molecule is C=C1CN(C)C=C1/C=C1\C(=O)NC(=O)N(C2=CC=C(C)C=CC2)C1=O. The molecular formula is C19H19N3O3. The Kier molecular flexibility index (Phi) is 4.27. The monoisotopic (exact) mass is 337 g/mol. The van der Waals surface area contributed by atoms with Crippen LogP contribution >= 0.6 is 0 Å². The molecule has 6 heteroatoms. The van der Waals surface area contributed by atoms with E-state index in [2.05, 4.69) is 11.9 Å². The van der Waals surface area contributed by atoms with Crippen molar-refractivity contribution in [3.63, 3.8) is 0 Å². The summed E-state index contributed by atoms with van der Waals surface area (Å²) in [4.78, 5) is 40.2. The van der Waals surface area contributed by atoms with Crippen molar-refractivity contribution in [2.24, 2.45) is 0 Å². The average molecular weight is 337 g/mol. The number of imide groups is 2. The van der Waals surface area contributed by atoms with Gasteiger partial charge in [0.25, 0.3) is 11.8 Å². The molecule has 0 aromatic carbocycles. The van der Waals surface area contributed by atoms with Crippen LogP contribution in [0, 0.1) is 0 Å². The maximum atomic E-state index is 12.8. The summed E-state index contributed by atoms with van der Waals surface area (Å²) in [7, 11) is 1.88. The van der Waals surface area contributed by atoms with Crippen LogP contribution in [-0.4, -0.2) is 41.2 Å². The number of urea groups is 1. The summed E-state index contributed by atoms with van der Waals surface area (Å²) in [6.45, 7) is 6.50. The first-order valence-electron chi connectivity index (χ1n) is 7.92. The number of nitrogens with one attached hydrogen (secondary N) is 1. The minimum atomic E-state index is -0.726. The molecule has 0 bridgehead atoms. The van der Waals surface area contributed by atoms with Crippen LogP contribution in [0.5, 0.6) is 0 Å². The molecule has 0 aromatic heterocycles. The second kappa shape index (κ2) is 6.39. The van der Waals surface area contributed by atoms with Crippen LogP contribution in [0.3, 0.4) is 0 Å². The molecule has 25 heavy (non-hydrogen) atoms. The summed E-state index contributed by atoms with van der Waals surface area (Å²) >= 11 is 0. The first-order valence-corrected chi connectivity index (χ1v) is 7.92. The molecule has 1 saturated heterocycles. The predicted molar refractivity (Wildman–Crippen MR) is 93.9 cm³/mol. The molecule has 0 spiro atoms. The molecule has 4 amide bonds. The summed E-state index contributed by atoms with van der Waals surface area (Å²) in [5.74, 6) is -1.31. The minimum absolute atomic E-state index is 0.0721. The summed E-state index contributed by atoms with van der Waals surface area (Å²) in [5, 5.41) is 2.24. The van der Waals surface area contributed by atoms with Gasteiger partial charge in [-0.1, -0.05) is 30.4 Å². The molecule has 3 aliphatic rings. The van der Waals surface area contributed by atoms with E-state index >= 15 is 0 Å². The number of amides is 4. The molecule has 0 aromatic rings. The van der Waals surface area contributed by atoms with Gasteiger partial charge in [0.15, 0.2) is 0 Å². The molecule has 6 nitrogen and oxygen atoms in total. The molecule has 0 unspecified atom stereocenters. The van der Waals surface area contributed by atoms with Gasteiger partial charge in [0.1, 0.15) is 5.57 Å². The normalized spacial score (nSPS) is 22.8. The molecule has 2 heterocycles. The molecule has 0 saturated carbocycles. The number of barbiturate groups is 1. The van der Waals surface area contributed by atoms with Gasteiger partial charge in [-0.2, -0.15) is 0 Å². The van der Waals surface area contributed by atoms with Gasteiger partial charge in [0, 0.05) is 31.9 Å². The third-order valence-electron chi connectivity index (χ3n) is 4.14. The van der Waals surface area contributed by atoms with Crippen molar-refractivity contribution in [1.29, 1.82) is 0 Å². The highest BCUT2D eigenvalue weighted by Crippen LogP contribution is 2.25. The maximum Gasteiger partial charge on any atom is 0.335 e. The third-order valence-corrected chi connectivity index (χ3v) is 4.14. The summed E-state index contributed by atoms with van der Waals surface area (Å²) in [5.41, 5.74) is 2.99. The van der Waals surface area contributed by atoms with Crippen molar-refractivity contribution in [2.75, 3.05) is 13.6 Å². The summed E-state index contributed by atoms with van der Waals surface area (Å²) in [6, 6.07) is -0.726. The zero-order valence-electron chi connectivity index (χ0n) is 14.2. The Labute approximate surface area is 146 Å². The van der Waals surface area contributed by atoms with Crippen LogP contribution in [-0.2, 0) is 9.59 Å². The van der Waals surface area contributed by atoms with Crippen LogP contribution in [0.4, 0.5) is 4.79 Å². The van der Waals surface area contributed by atoms with E-state index in [-0.39, 0.29) is 5.57 Å². The largest absolute Gasteiger partial charge is 0.376 e. The van der Waals surface area contributed by atoms with E-state index in [1.807, 2.05) is 43.3 Å². The highest BCUT2D eigenvalue weighted by atomic mass is 16.2. The fraction of sp³-hybridized carbons (Fsp3) is 0.211. The smallest absolute Gasteiger partial charge is 0.335 e. The van der Waals surface area contributed by atoms with Gasteiger partial charge < -0.3 is 4.90 Å². The standard InChI is InChI=1S/C19H19N3O3/c1-12-5-4-6-15(8-7-12)22-18(24)16(17(23)20-19(22)25)9-14-11-21(3)10-13(14)2/h4-5,7-9,11H,2,6,10H2,1,3H3,(H,20,23,25)/b16-9+. The number of rotatable bonds is 2. The minimum Gasteiger partial charge on any atom is -0.376 e. The van der Waals surface area contributed by atoms with E-state index in [0.29, 0.717) is 24.2 Å². The van der Waals surface area contributed by atoms with Crippen molar-refractivity contribution < 1.29 is 14.4 Å². The Morgan fingerprint density at radius 2 is 2.00 bits per heavy atom. The van der Waals surface area contributed by atoms with Crippen LogP contribution < -0.4 is 5.32 Å². The number of carbonyl (C=O) groups is 3. The van der Waals surface area contributed by atoms with E-state index in [4.69, 9.17) is 0 Å². The van der Waals surface area contributed by atoms with Crippen molar-refractivity contribution in [3.05, 3.63) is 71.1 Å². The average Bonchev–Trinajstić information content (AvgIpc) is 2.71. The van der Waals surface area contributed by atoms with Crippen LogP contribution in [0.15, 0.2) is 71.1 Å². The van der Waals surface area contributed by atoms with Gasteiger partial charge in [-0.15, -0.1) is 0 Å². The molecule has 1 fully saturated rings. The molecule has 3 rings (SSSR count). The Hall–Kier alpha value is -3.15. The molecule has 1 N–H and O–H groups in total. The number of likely N-dealkylation sites (N-methyl/N-ethyl adjacent to an activating group) is 1. The Balaban J connectivity index is 1.97. The second-order valence-electron chi connectivity index (χ2n) is 6.24. The molecule has 2 aliphatic heterocycles. The second-order valence-corrected chi connectivity index (χ2v) is 6.24. The van der Waals surface area contributed by atoms with Gasteiger partial charge >= 0.3 is 6.03 Å². The predicted octanol–water partition coefficient (Wildman–Crippen LogP) is 2.17. The molecule has 128 valence electrons. The van der Waals surface area contributed by atoms with Crippen molar-refractivity contribution >= 4 is 17.8 Å². The van der Waals surface area contributed by atoms with E-state index in [1.165, 1.54) is 6.08 Å². The fourth-order valence-corrected chi connectivity index (χ4v) is 2.86. The van der Waals surface area contributed by atoms with Gasteiger partial charge in [-0.05, 0) is 30.2 Å². The van der Waals surface area contributed by atoms with Crippen molar-refractivity contribution in [1.82, 2.24) is 15.1 Å². The van der Waals surface area contributed by atoms with Gasteiger partial charge in [-0.25, -0.2) is 9.69 Å². The highest BCUT2D eigenvalue weighted by Gasteiger charge is 2.37. The van der Waals surface area contributed by atoms with Crippen molar-refractivity contribution in [3.8, 4) is 0 Å². The Bertz CT molecular complexity index is 840. The number of carbonyl (C=O) groups excluding carboxylic acids is 3. The molecular weight excluding hydrogens is 318 g/mol. The topological polar surface area (TPSA) is 69.7 Å². The lowest BCUT2D eigenvalue weighted by atomic mass is 10.0. The van der Waals surface area contributed by atoms with Crippen LogP contribution in [0.25, 0.3) is 0 Å². The molecule has 1 aliphatic carbocycles. The number of hydrogen-bond acceptors (Lipinski definition) is 4. The third kappa shape index (κ3) is 3.24. The van der Waals surface area contributed by atoms with E-state index in [0.717, 1.165) is 16.0 Å². The number of allylic oxidation sites excluding steroid dienone is 6. The van der Waals surface area contributed by atoms with Crippen LogP contribution in [0.1, 0.15) is 13.3 Å². The van der Waals surface area contributed by atoms with E-state index in [1.54, 1.807) is 6.08 Å². The maximum absolute atomic E-state index is 12.8. The van der Waals surface area contributed by atoms with E-state index < -0.39 is 17.8 Å².